The highest BCUT2D eigenvalue weighted by molar-refractivity contribution is 5.57. The van der Waals surface area contributed by atoms with E-state index in [4.69, 9.17) is 4.74 Å². The molecule has 0 radical (unpaired) electrons. The molecule has 0 amide bonds. The molecular weight excluding hydrogens is 352 g/mol. The molecule has 3 aromatic rings. The number of nitrogens with one attached hydrogen (secondary N) is 2. The Bertz CT molecular complexity index is 1170. The lowest BCUT2D eigenvalue weighted by Gasteiger charge is -2.26. The molecular formula is C16H18N8O3. The monoisotopic (exact) mass is 370 g/mol. The number of aromatic nitrogens is 6. The summed E-state index contributed by atoms with van der Waals surface area (Å²) in [5, 5.41) is 14.8. The third-order valence-corrected chi connectivity index (χ3v) is 4.54. The smallest absolute Gasteiger partial charge is 0.326 e. The molecule has 140 valence electrons. The van der Waals surface area contributed by atoms with Crippen LogP contribution in [0.3, 0.4) is 0 Å². The predicted molar refractivity (Wildman–Crippen MR) is 94.3 cm³/mol. The zero-order valence-corrected chi connectivity index (χ0v) is 14.4. The van der Waals surface area contributed by atoms with Crippen molar-refractivity contribution in [2.24, 2.45) is 4.99 Å². The largest absolute Gasteiger partial charge is 0.493 e. The Kier molecular flexibility index (Phi) is 3.67. The second kappa shape index (κ2) is 6.20. The van der Waals surface area contributed by atoms with Crippen LogP contribution in [-0.2, 0) is 4.74 Å². The Hall–Kier alpha value is -3.21. The molecule has 0 aromatic carbocycles. The van der Waals surface area contributed by atoms with Crippen molar-refractivity contribution in [1.82, 2.24) is 29.5 Å². The molecule has 0 unspecified atom stereocenters. The summed E-state index contributed by atoms with van der Waals surface area (Å²) in [5.41, 5.74) is 0.855. The number of rotatable bonds is 3. The lowest BCUT2D eigenvalue weighted by Crippen LogP contribution is -2.39. The van der Waals surface area contributed by atoms with Gasteiger partial charge < -0.3 is 19.7 Å². The molecule has 2 aliphatic rings. The maximum atomic E-state index is 11.4. The molecule has 4 heterocycles. The summed E-state index contributed by atoms with van der Waals surface area (Å²) in [4.78, 5) is 32.2. The third-order valence-electron chi connectivity index (χ3n) is 4.54. The molecule has 5 rings (SSSR count). The van der Waals surface area contributed by atoms with Gasteiger partial charge in [0.2, 0.25) is 11.8 Å². The Balaban J connectivity index is 1.71. The molecule has 1 aliphatic heterocycles. The Labute approximate surface area is 152 Å². The maximum Gasteiger partial charge on any atom is 0.326 e. The second-order valence-electron chi connectivity index (χ2n) is 6.60. The van der Waals surface area contributed by atoms with Gasteiger partial charge in [-0.1, -0.05) is 0 Å². The van der Waals surface area contributed by atoms with E-state index < -0.39 is 5.69 Å². The average molecular weight is 370 g/mol. The standard InChI is InChI=1S/C16H18N8O3/c25-13-11(19-16(26)21-13)7-9-8-17-24-12(9)20-14(23-3-5-27-6-4-23)22-15(24)18-10-1-2-10/h7-8,10,25H,1-6H2,(H2,19,21,26). The molecule has 1 aliphatic carbocycles. The van der Waals surface area contributed by atoms with Crippen molar-refractivity contribution >= 4 is 17.7 Å². The normalized spacial score (nSPS) is 19.3. The molecule has 3 aromatic heterocycles. The van der Waals surface area contributed by atoms with Crippen molar-refractivity contribution in [2.75, 3.05) is 31.2 Å². The third kappa shape index (κ3) is 3.05. The van der Waals surface area contributed by atoms with Crippen LogP contribution in [0.5, 0.6) is 5.88 Å². The Morgan fingerprint density at radius 2 is 2.07 bits per heavy atom. The molecule has 1 saturated heterocycles. The molecule has 27 heavy (non-hydrogen) atoms. The number of morpholine rings is 1. The van der Waals surface area contributed by atoms with Crippen molar-refractivity contribution in [2.45, 2.75) is 18.9 Å². The molecule has 11 nitrogen and oxygen atoms in total. The summed E-state index contributed by atoms with van der Waals surface area (Å²) >= 11 is 0. The van der Waals surface area contributed by atoms with E-state index >= 15 is 0 Å². The van der Waals surface area contributed by atoms with Crippen LogP contribution in [0.15, 0.2) is 16.0 Å². The number of aromatic amines is 2. The van der Waals surface area contributed by atoms with Gasteiger partial charge in [0, 0.05) is 18.3 Å². The zero-order chi connectivity index (χ0) is 18.4. The second-order valence-corrected chi connectivity index (χ2v) is 6.60. The summed E-state index contributed by atoms with van der Waals surface area (Å²) in [7, 11) is 0. The van der Waals surface area contributed by atoms with Crippen LogP contribution < -0.4 is 21.4 Å². The molecule has 3 N–H and O–H groups in total. The Morgan fingerprint density at radius 3 is 2.78 bits per heavy atom. The highest BCUT2D eigenvalue weighted by atomic mass is 16.5. The van der Waals surface area contributed by atoms with Crippen molar-refractivity contribution in [1.29, 1.82) is 0 Å². The molecule has 11 heteroatoms. The molecule has 2 fully saturated rings. The highest BCUT2D eigenvalue weighted by Crippen LogP contribution is 2.22. The number of hydrogen-bond acceptors (Lipinski definition) is 8. The first kappa shape index (κ1) is 16.0. The fraction of sp³-hybridized carbons (Fsp3) is 0.438. The number of anilines is 1. The number of H-pyrrole nitrogens is 2. The van der Waals surface area contributed by atoms with Gasteiger partial charge in [0.1, 0.15) is 5.69 Å². The number of imidazole rings is 1. The predicted octanol–water partition coefficient (Wildman–Crippen LogP) is -1.71. The summed E-state index contributed by atoms with van der Waals surface area (Å²) in [6.07, 6.45) is 5.34. The van der Waals surface area contributed by atoms with Crippen molar-refractivity contribution in [3.63, 3.8) is 0 Å². The van der Waals surface area contributed by atoms with E-state index in [2.05, 4.69) is 34.9 Å². The van der Waals surface area contributed by atoms with Gasteiger partial charge >= 0.3 is 5.69 Å². The lowest BCUT2D eigenvalue weighted by molar-refractivity contribution is 0.122. The number of nitrogens with zero attached hydrogens (tertiary/aromatic N) is 6. The van der Waals surface area contributed by atoms with Crippen LogP contribution in [0.25, 0.3) is 11.7 Å². The zero-order valence-electron chi connectivity index (χ0n) is 14.4. The van der Waals surface area contributed by atoms with Gasteiger partial charge in [0.05, 0.1) is 25.5 Å². The summed E-state index contributed by atoms with van der Waals surface area (Å²) in [6, 6.07) is 0.280. The first-order valence-corrected chi connectivity index (χ1v) is 8.83. The molecule has 0 atom stereocenters. The topological polar surface area (TPSA) is 137 Å². The van der Waals surface area contributed by atoms with Gasteiger partial charge in [-0.3, -0.25) is 4.98 Å². The van der Waals surface area contributed by atoms with Crippen LogP contribution in [0.2, 0.25) is 0 Å². The first-order valence-electron chi connectivity index (χ1n) is 8.83. The van der Waals surface area contributed by atoms with E-state index in [9.17, 15) is 9.90 Å². The fourth-order valence-corrected chi connectivity index (χ4v) is 2.97. The molecule has 0 bridgehead atoms. The van der Waals surface area contributed by atoms with Crippen LogP contribution in [0, 0.1) is 0 Å². The van der Waals surface area contributed by atoms with E-state index in [1.807, 2.05) is 0 Å². The molecule has 1 saturated carbocycles. The van der Waals surface area contributed by atoms with E-state index in [1.165, 1.54) is 0 Å². The highest BCUT2D eigenvalue weighted by Gasteiger charge is 2.22. The maximum absolute atomic E-state index is 11.4. The quantitative estimate of drug-likeness (QED) is 0.499. The average Bonchev–Trinajstić information content (AvgIpc) is 3.31. The van der Waals surface area contributed by atoms with Gasteiger partial charge in [-0.25, -0.2) is 9.79 Å². The van der Waals surface area contributed by atoms with Crippen molar-refractivity contribution in [3.8, 4) is 5.88 Å². The number of aromatic hydroxyl groups is 1. The van der Waals surface area contributed by atoms with Crippen LogP contribution >= 0.6 is 0 Å². The summed E-state index contributed by atoms with van der Waals surface area (Å²) in [6.45, 7) is 2.66. The van der Waals surface area contributed by atoms with E-state index in [0.29, 0.717) is 48.7 Å². The fourth-order valence-electron chi connectivity index (χ4n) is 2.97. The van der Waals surface area contributed by atoms with Gasteiger partial charge in [-0.05, 0) is 18.9 Å². The van der Waals surface area contributed by atoms with Gasteiger partial charge in [0.15, 0.2) is 5.65 Å². The van der Waals surface area contributed by atoms with Crippen LogP contribution in [0.1, 0.15) is 18.5 Å². The summed E-state index contributed by atoms with van der Waals surface area (Å²) < 4.78 is 7.00. The minimum atomic E-state index is -0.483. The van der Waals surface area contributed by atoms with Gasteiger partial charge in [-0.2, -0.15) is 19.6 Å². The summed E-state index contributed by atoms with van der Waals surface area (Å²) in [5.74, 6) is 0.344. The van der Waals surface area contributed by atoms with E-state index in [0.717, 1.165) is 12.8 Å². The van der Waals surface area contributed by atoms with Crippen LogP contribution in [0.4, 0.5) is 5.95 Å². The number of fused-ring (bicyclic) bond motifs is 1. The SMILES string of the molecule is O=c1[nH]c(O)c(C=c2cnn3c(=NC4CC4)nc(N4CCOCC4)nc23)[nH]1. The minimum Gasteiger partial charge on any atom is -0.493 e. The van der Waals surface area contributed by atoms with E-state index in [1.54, 1.807) is 16.8 Å². The van der Waals surface area contributed by atoms with Gasteiger partial charge in [-0.15, -0.1) is 0 Å². The lowest BCUT2D eigenvalue weighted by atomic mass is 10.3. The van der Waals surface area contributed by atoms with E-state index in [-0.39, 0.29) is 17.6 Å². The number of ether oxygens (including phenoxy) is 1. The van der Waals surface area contributed by atoms with Crippen molar-refractivity contribution in [3.05, 3.63) is 33.2 Å². The number of hydrogen-bond donors (Lipinski definition) is 3. The molecule has 0 spiro atoms. The van der Waals surface area contributed by atoms with Crippen molar-refractivity contribution < 1.29 is 9.84 Å². The van der Waals surface area contributed by atoms with Gasteiger partial charge in [0.25, 0.3) is 5.62 Å². The Morgan fingerprint density at radius 1 is 1.26 bits per heavy atom. The van der Waals surface area contributed by atoms with Crippen LogP contribution in [-0.4, -0.2) is 67.0 Å². The minimum absolute atomic E-state index is 0.232. The first-order chi connectivity index (χ1) is 13.2.